The largest absolute Gasteiger partial charge is 0.380 e. The summed E-state index contributed by atoms with van der Waals surface area (Å²) in [6.07, 6.45) is 2.25. The van der Waals surface area contributed by atoms with Crippen molar-refractivity contribution in [2.24, 2.45) is 5.73 Å². The molecule has 86 valence electrons. The summed E-state index contributed by atoms with van der Waals surface area (Å²) in [6, 6.07) is 0. The Morgan fingerprint density at radius 3 is 2.87 bits per heavy atom. The molecule has 0 saturated heterocycles. The Balaban J connectivity index is 2.59. The monoisotopic (exact) mass is 212 g/mol. The van der Waals surface area contributed by atoms with Gasteiger partial charge < -0.3 is 10.5 Å². The molecule has 0 aliphatic heterocycles. The van der Waals surface area contributed by atoms with Crippen LogP contribution < -0.4 is 5.73 Å². The van der Waals surface area contributed by atoms with Gasteiger partial charge in [0.15, 0.2) is 0 Å². The molecule has 0 aliphatic rings. The standard InChI is InChI=1S/C10H20N4O/c1-4-14-9(12-8-13-14)6-10(3,11)7-15-5-2/h8H,4-7,11H2,1-3H3. The second-order valence-corrected chi connectivity index (χ2v) is 3.96. The summed E-state index contributed by atoms with van der Waals surface area (Å²) in [5, 5.41) is 4.11. The van der Waals surface area contributed by atoms with Crippen molar-refractivity contribution < 1.29 is 4.74 Å². The minimum absolute atomic E-state index is 0.379. The van der Waals surface area contributed by atoms with Crippen molar-refractivity contribution in [2.45, 2.75) is 39.3 Å². The molecule has 5 heteroatoms. The fourth-order valence-electron chi connectivity index (χ4n) is 1.44. The first-order valence-electron chi connectivity index (χ1n) is 5.32. The first-order valence-corrected chi connectivity index (χ1v) is 5.32. The van der Waals surface area contributed by atoms with Gasteiger partial charge in [-0.2, -0.15) is 5.10 Å². The first-order chi connectivity index (χ1) is 7.09. The molecule has 2 N–H and O–H groups in total. The van der Waals surface area contributed by atoms with E-state index in [9.17, 15) is 0 Å². The van der Waals surface area contributed by atoms with E-state index in [2.05, 4.69) is 10.1 Å². The zero-order chi connectivity index (χ0) is 11.3. The van der Waals surface area contributed by atoms with Crippen LogP contribution in [0.2, 0.25) is 0 Å². The molecule has 0 spiro atoms. The highest BCUT2D eigenvalue weighted by Gasteiger charge is 2.22. The minimum Gasteiger partial charge on any atom is -0.380 e. The predicted molar refractivity (Wildman–Crippen MR) is 58.5 cm³/mol. The van der Waals surface area contributed by atoms with Crippen LogP contribution in [0.5, 0.6) is 0 Å². The van der Waals surface area contributed by atoms with E-state index in [0.29, 0.717) is 19.6 Å². The Morgan fingerprint density at radius 1 is 1.53 bits per heavy atom. The predicted octanol–water partition coefficient (Wildman–Crippen LogP) is 0.594. The molecule has 5 nitrogen and oxygen atoms in total. The van der Waals surface area contributed by atoms with E-state index in [-0.39, 0.29) is 5.54 Å². The second-order valence-electron chi connectivity index (χ2n) is 3.96. The Bertz CT molecular complexity index is 295. The van der Waals surface area contributed by atoms with Crippen molar-refractivity contribution in [3.8, 4) is 0 Å². The van der Waals surface area contributed by atoms with Crippen LogP contribution in [0.25, 0.3) is 0 Å². The van der Waals surface area contributed by atoms with Crippen molar-refractivity contribution >= 4 is 0 Å². The molecule has 1 atom stereocenters. The average molecular weight is 212 g/mol. The summed E-state index contributed by atoms with van der Waals surface area (Å²) in [7, 11) is 0. The van der Waals surface area contributed by atoms with E-state index in [4.69, 9.17) is 10.5 Å². The van der Waals surface area contributed by atoms with Crippen molar-refractivity contribution in [3.05, 3.63) is 12.2 Å². The lowest BCUT2D eigenvalue weighted by atomic mass is 10.0. The number of hydrogen-bond acceptors (Lipinski definition) is 4. The molecule has 1 aromatic rings. The Labute approximate surface area is 90.6 Å². The van der Waals surface area contributed by atoms with Gasteiger partial charge in [0.25, 0.3) is 0 Å². The first kappa shape index (κ1) is 12.1. The van der Waals surface area contributed by atoms with Crippen LogP contribution in [0.4, 0.5) is 0 Å². The molecule has 0 amide bonds. The lowest BCUT2D eigenvalue weighted by Crippen LogP contribution is -2.44. The molecule has 1 rings (SSSR count). The van der Waals surface area contributed by atoms with E-state index >= 15 is 0 Å². The molecule has 0 saturated carbocycles. The zero-order valence-electron chi connectivity index (χ0n) is 9.73. The van der Waals surface area contributed by atoms with Gasteiger partial charge in [0.05, 0.1) is 6.61 Å². The number of hydrogen-bond donors (Lipinski definition) is 1. The number of ether oxygens (including phenoxy) is 1. The van der Waals surface area contributed by atoms with Gasteiger partial charge in [-0.15, -0.1) is 0 Å². The van der Waals surface area contributed by atoms with Crippen LogP contribution in [-0.4, -0.2) is 33.5 Å². The summed E-state index contributed by atoms with van der Waals surface area (Å²) in [5.41, 5.74) is 5.73. The molecule has 0 aromatic carbocycles. The lowest BCUT2D eigenvalue weighted by Gasteiger charge is -2.23. The van der Waals surface area contributed by atoms with E-state index in [1.807, 2.05) is 25.5 Å². The molecular formula is C10H20N4O. The fraction of sp³-hybridized carbons (Fsp3) is 0.800. The van der Waals surface area contributed by atoms with Crippen LogP contribution in [0.3, 0.4) is 0 Å². The maximum atomic E-state index is 6.11. The molecule has 1 aromatic heterocycles. The average Bonchev–Trinajstić information content (AvgIpc) is 2.61. The fourth-order valence-corrected chi connectivity index (χ4v) is 1.44. The second kappa shape index (κ2) is 5.23. The van der Waals surface area contributed by atoms with Crippen LogP contribution in [-0.2, 0) is 17.7 Å². The summed E-state index contributed by atoms with van der Waals surface area (Å²) < 4.78 is 7.20. The van der Waals surface area contributed by atoms with E-state index < -0.39 is 0 Å². The van der Waals surface area contributed by atoms with Crippen LogP contribution in [0.15, 0.2) is 6.33 Å². The third-order valence-corrected chi connectivity index (χ3v) is 2.19. The maximum absolute atomic E-state index is 6.11. The van der Waals surface area contributed by atoms with E-state index in [0.717, 1.165) is 12.4 Å². The molecular weight excluding hydrogens is 192 g/mol. The minimum atomic E-state index is -0.379. The highest BCUT2D eigenvalue weighted by molar-refractivity contribution is 4.95. The molecule has 0 bridgehead atoms. The third-order valence-electron chi connectivity index (χ3n) is 2.19. The smallest absolute Gasteiger partial charge is 0.138 e. The summed E-state index contributed by atoms with van der Waals surface area (Å²) in [5.74, 6) is 0.919. The van der Waals surface area contributed by atoms with E-state index in [1.165, 1.54) is 0 Å². The summed E-state index contributed by atoms with van der Waals surface area (Å²) in [4.78, 5) is 4.20. The van der Waals surface area contributed by atoms with Crippen molar-refractivity contribution in [3.63, 3.8) is 0 Å². The van der Waals surface area contributed by atoms with Crippen LogP contribution >= 0.6 is 0 Å². The molecule has 1 unspecified atom stereocenters. The van der Waals surface area contributed by atoms with Gasteiger partial charge in [0, 0.05) is 25.1 Å². The molecule has 0 aliphatic carbocycles. The van der Waals surface area contributed by atoms with Gasteiger partial charge >= 0.3 is 0 Å². The number of aromatic nitrogens is 3. The van der Waals surface area contributed by atoms with Crippen molar-refractivity contribution in [1.29, 1.82) is 0 Å². The van der Waals surface area contributed by atoms with Gasteiger partial charge in [0.2, 0.25) is 0 Å². The number of aryl methyl sites for hydroxylation is 1. The summed E-state index contributed by atoms with van der Waals surface area (Å²) in [6.45, 7) is 8.02. The molecule has 0 fully saturated rings. The quantitative estimate of drug-likeness (QED) is 0.749. The number of rotatable bonds is 6. The summed E-state index contributed by atoms with van der Waals surface area (Å²) >= 11 is 0. The SMILES string of the molecule is CCOCC(C)(N)Cc1ncnn1CC. The molecule has 1 heterocycles. The Hall–Kier alpha value is -0.940. The van der Waals surface area contributed by atoms with Crippen molar-refractivity contribution in [1.82, 2.24) is 14.8 Å². The topological polar surface area (TPSA) is 66.0 Å². The van der Waals surface area contributed by atoms with Crippen LogP contribution in [0.1, 0.15) is 26.6 Å². The number of nitrogens with zero attached hydrogens (tertiary/aromatic N) is 3. The highest BCUT2D eigenvalue weighted by Crippen LogP contribution is 2.08. The normalized spacial score (nSPS) is 15.2. The van der Waals surface area contributed by atoms with Gasteiger partial charge in [0.1, 0.15) is 12.2 Å². The third kappa shape index (κ3) is 3.60. The van der Waals surface area contributed by atoms with E-state index in [1.54, 1.807) is 6.33 Å². The highest BCUT2D eigenvalue weighted by atomic mass is 16.5. The Morgan fingerprint density at radius 2 is 2.27 bits per heavy atom. The van der Waals surface area contributed by atoms with Gasteiger partial charge in [-0.25, -0.2) is 4.98 Å². The van der Waals surface area contributed by atoms with Gasteiger partial charge in [-0.05, 0) is 20.8 Å². The van der Waals surface area contributed by atoms with Crippen molar-refractivity contribution in [2.75, 3.05) is 13.2 Å². The van der Waals surface area contributed by atoms with Crippen LogP contribution in [0, 0.1) is 0 Å². The molecule has 15 heavy (non-hydrogen) atoms. The van der Waals surface area contributed by atoms with Gasteiger partial charge in [-0.1, -0.05) is 0 Å². The lowest BCUT2D eigenvalue weighted by molar-refractivity contribution is 0.1000. The van der Waals surface area contributed by atoms with Gasteiger partial charge in [-0.3, -0.25) is 4.68 Å². The maximum Gasteiger partial charge on any atom is 0.138 e. The molecule has 0 radical (unpaired) electrons. The Kier molecular flexibility index (Phi) is 4.23. The number of nitrogens with two attached hydrogens (primary N) is 1. The zero-order valence-corrected chi connectivity index (χ0v) is 9.73.